The van der Waals surface area contributed by atoms with Gasteiger partial charge in [-0.15, -0.1) is 0 Å². The van der Waals surface area contributed by atoms with Gasteiger partial charge in [-0.3, -0.25) is 0 Å². The average molecular weight is 619 g/mol. The van der Waals surface area contributed by atoms with E-state index in [9.17, 15) is 0 Å². The van der Waals surface area contributed by atoms with Gasteiger partial charge >= 0.3 is 0 Å². The van der Waals surface area contributed by atoms with Crippen LogP contribution in [0.5, 0.6) is 0 Å². The SMILES string of the molecule is c1ccc(-c2ccc(N3c4ccc(C5CCCCC5)cc4N(c4ccc(-c5ccccc5)cc4)c4cc5ccccc5cc43)cc2)cc1. The number of hydrogen-bond donors (Lipinski definition) is 0. The minimum atomic E-state index is 0.614. The highest BCUT2D eigenvalue weighted by molar-refractivity contribution is 6.06. The van der Waals surface area contributed by atoms with Crippen molar-refractivity contribution < 1.29 is 0 Å². The summed E-state index contributed by atoms with van der Waals surface area (Å²) >= 11 is 0. The molecular formula is C46H38N2. The van der Waals surface area contributed by atoms with E-state index in [2.05, 4.69) is 174 Å². The molecule has 1 aliphatic heterocycles. The van der Waals surface area contributed by atoms with E-state index in [0.717, 1.165) is 5.69 Å². The molecular weight excluding hydrogens is 581 g/mol. The Morgan fingerprint density at radius 3 is 1.31 bits per heavy atom. The summed E-state index contributed by atoms with van der Waals surface area (Å²) in [7, 11) is 0. The Kier molecular flexibility index (Phi) is 7.28. The van der Waals surface area contributed by atoms with Crippen LogP contribution in [0, 0.1) is 0 Å². The van der Waals surface area contributed by atoms with E-state index >= 15 is 0 Å². The lowest BCUT2D eigenvalue weighted by atomic mass is 9.83. The zero-order valence-corrected chi connectivity index (χ0v) is 27.1. The number of nitrogens with zero attached hydrogens (tertiary/aromatic N) is 2. The maximum Gasteiger partial charge on any atom is 0.0709 e. The Balaban J connectivity index is 1.24. The minimum absolute atomic E-state index is 0.614. The summed E-state index contributed by atoms with van der Waals surface area (Å²) in [4.78, 5) is 4.98. The average Bonchev–Trinajstić information content (AvgIpc) is 3.17. The zero-order valence-electron chi connectivity index (χ0n) is 27.1. The lowest BCUT2D eigenvalue weighted by Crippen LogP contribution is -2.24. The molecule has 2 aliphatic rings. The van der Waals surface area contributed by atoms with Crippen molar-refractivity contribution in [2.24, 2.45) is 0 Å². The Bertz CT molecular complexity index is 2200. The van der Waals surface area contributed by atoms with Gasteiger partial charge in [-0.1, -0.05) is 135 Å². The molecule has 0 spiro atoms. The lowest BCUT2D eigenvalue weighted by Gasteiger charge is -2.41. The van der Waals surface area contributed by atoms with E-state index in [4.69, 9.17) is 0 Å². The van der Waals surface area contributed by atoms with Crippen LogP contribution in [0.4, 0.5) is 34.1 Å². The van der Waals surface area contributed by atoms with Crippen molar-refractivity contribution >= 4 is 44.9 Å². The van der Waals surface area contributed by atoms with Gasteiger partial charge in [0.05, 0.1) is 22.7 Å². The standard InChI is InChI=1S/C46H38N2/c1-4-12-33(13-5-1)36-20-25-41(26-21-36)47-43-29-24-40(35-16-8-3-9-17-35)32-44(43)48(46-31-39-19-11-10-18-38(39)30-45(46)47)42-27-22-37(23-28-42)34-14-6-2-7-15-34/h1-2,4-7,10-15,18-32,35H,3,8-9,16-17H2. The van der Waals surface area contributed by atoms with E-state index in [1.54, 1.807) is 0 Å². The molecule has 1 aliphatic carbocycles. The van der Waals surface area contributed by atoms with E-state index < -0.39 is 0 Å². The summed E-state index contributed by atoms with van der Waals surface area (Å²) in [5, 5.41) is 2.48. The first-order valence-electron chi connectivity index (χ1n) is 17.4. The summed E-state index contributed by atoms with van der Waals surface area (Å²) in [5.74, 6) is 0.614. The number of fused-ring (bicyclic) bond motifs is 3. The molecule has 2 heteroatoms. The molecule has 0 amide bonds. The molecule has 48 heavy (non-hydrogen) atoms. The van der Waals surface area contributed by atoms with Crippen LogP contribution in [0.1, 0.15) is 43.6 Å². The van der Waals surface area contributed by atoms with Crippen LogP contribution in [-0.4, -0.2) is 0 Å². The van der Waals surface area contributed by atoms with Crippen LogP contribution in [0.3, 0.4) is 0 Å². The second kappa shape index (κ2) is 12.2. The third-order valence-corrected chi connectivity index (χ3v) is 10.3. The first-order valence-corrected chi connectivity index (χ1v) is 17.4. The fourth-order valence-electron chi connectivity index (χ4n) is 7.86. The van der Waals surface area contributed by atoms with Gasteiger partial charge < -0.3 is 9.80 Å². The van der Waals surface area contributed by atoms with Gasteiger partial charge in [0.2, 0.25) is 0 Å². The monoisotopic (exact) mass is 618 g/mol. The van der Waals surface area contributed by atoms with Crippen LogP contribution in [0.2, 0.25) is 0 Å². The number of hydrogen-bond acceptors (Lipinski definition) is 2. The van der Waals surface area contributed by atoms with Crippen molar-refractivity contribution in [1.29, 1.82) is 0 Å². The topological polar surface area (TPSA) is 6.48 Å². The maximum absolute atomic E-state index is 2.51. The van der Waals surface area contributed by atoms with Crippen molar-refractivity contribution in [3.63, 3.8) is 0 Å². The van der Waals surface area contributed by atoms with Crippen molar-refractivity contribution in [2.45, 2.75) is 38.0 Å². The van der Waals surface area contributed by atoms with E-state index in [-0.39, 0.29) is 0 Å². The van der Waals surface area contributed by atoms with E-state index in [0.29, 0.717) is 5.92 Å². The predicted molar refractivity (Wildman–Crippen MR) is 204 cm³/mol. The number of rotatable bonds is 5. The third kappa shape index (κ3) is 5.15. The fourth-order valence-corrected chi connectivity index (χ4v) is 7.86. The summed E-state index contributed by atoms with van der Waals surface area (Å²) in [5.41, 5.74) is 13.5. The molecule has 0 bridgehead atoms. The third-order valence-electron chi connectivity index (χ3n) is 10.3. The molecule has 1 fully saturated rings. The molecule has 232 valence electrons. The van der Waals surface area contributed by atoms with Gasteiger partial charge in [0.1, 0.15) is 0 Å². The molecule has 2 nitrogen and oxygen atoms in total. The second-order valence-electron chi connectivity index (χ2n) is 13.3. The van der Waals surface area contributed by atoms with E-state index in [1.165, 1.54) is 99.1 Å². The smallest absolute Gasteiger partial charge is 0.0709 e. The Morgan fingerprint density at radius 1 is 0.354 bits per heavy atom. The predicted octanol–water partition coefficient (Wildman–Crippen LogP) is 13.5. The molecule has 0 atom stereocenters. The molecule has 1 heterocycles. The zero-order chi connectivity index (χ0) is 31.9. The minimum Gasteiger partial charge on any atom is -0.306 e. The Labute approximate surface area is 283 Å². The number of anilines is 6. The summed E-state index contributed by atoms with van der Waals surface area (Å²) in [6.07, 6.45) is 6.55. The normalized spacial score (nSPS) is 14.5. The van der Waals surface area contributed by atoms with Gasteiger partial charge in [0.25, 0.3) is 0 Å². The van der Waals surface area contributed by atoms with Crippen molar-refractivity contribution in [1.82, 2.24) is 0 Å². The first kappa shape index (κ1) is 28.6. The molecule has 0 unspecified atom stereocenters. The van der Waals surface area contributed by atoms with Crippen LogP contribution in [0.15, 0.2) is 164 Å². The van der Waals surface area contributed by atoms with Gasteiger partial charge in [0, 0.05) is 11.4 Å². The first-order chi connectivity index (χ1) is 23.8. The molecule has 7 aromatic carbocycles. The van der Waals surface area contributed by atoms with Gasteiger partial charge in [-0.2, -0.15) is 0 Å². The quantitative estimate of drug-likeness (QED) is 0.189. The molecule has 9 rings (SSSR count). The van der Waals surface area contributed by atoms with E-state index in [1.807, 2.05) is 0 Å². The van der Waals surface area contributed by atoms with Crippen molar-refractivity contribution in [3.05, 3.63) is 169 Å². The summed E-state index contributed by atoms with van der Waals surface area (Å²) < 4.78 is 0. The molecule has 1 saturated carbocycles. The molecule has 0 saturated heterocycles. The number of benzene rings is 7. The van der Waals surface area contributed by atoms with Crippen molar-refractivity contribution in [2.75, 3.05) is 9.80 Å². The van der Waals surface area contributed by atoms with Crippen LogP contribution in [-0.2, 0) is 0 Å². The summed E-state index contributed by atoms with van der Waals surface area (Å²) in [6, 6.07) is 60.3. The Morgan fingerprint density at radius 2 is 0.792 bits per heavy atom. The fraction of sp³-hybridized carbons (Fsp3) is 0.130. The highest BCUT2D eigenvalue weighted by Gasteiger charge is 2.32. The van der Waals surface area contributed by atoms with Gasteiger partial charge in [-0.05, 0) is 106 Å². The van der Waals surface area contributed by atoms with Crippen LogP contribution < -0.4 is 9.80 Å². The second-order valence-corrected chi connectivity index (χ2v) is 13.3. The molecule has 0 radical (unpaired) electrons. The van der Waals surface area contributed by atoms with Gasteiger partial charge in [-0.25, -0.2) is 0 Å². The van der Waals surface area contributed by atoms with Gasteiger partial charge in [0.15, 0.2) is 0 Å². The molecule has 0 N–H and O–H groups in total. The summed E-state index contributed by atoms with van der Waals surface area (Å²) in [6.45, 7) is 0. The lowest BCUT2D eigenvalue weighted by molar-refractivity contribution is 0.443. The highest BCUT2D eigenvalue weighted by atomic mass is 15.3. The van der Waals surface area contributed by atoms with Crippen LogP contribution in [0.25, 0.3) is 33.0 Å². The maximum atomic E-state index is 2.51. The molecule has 7 aromatic rings. The largest absolute Gasteiger partial charge is 0.306 e. The van der Waals surface area contributed by atoms with Crippen molar-refractivity contribution in [3.8, 4) is 22.3 Å². The highest BCUT2D eigenvalue weighted by Crippen LogP contribution is 2.56. The Hall–Kier alpha value is -5.60. The van der Waals surface area contributed by atoms with Crippen LogP contribution >= 0.6 is 0 Å². The molecule has 0 aromatic heterocycles.